The Balaban J connectivity index is 1.48. The number of nitrogens with one attached hydrogen (secondary N) is 1. The van der Waals surface area contributed by atoms with Gasteiger partial charge < -0.3 is 14.6 Å². The van der Waals surface area contributed by atoms with E-state index in [0.29, 0.717) is 11.1 Å². The molecule has 4 rings (SSSR count). The number of Topliss-reactive ketones (excluding diaryl/α,β-unsaturated/α-hetero) is 1. The lowest BCUT2D eigenvalue weighted by molar-refractivity contribution is -0.125. The van der Waals surface area contributed by atoms with Crippen molar-refractivity contribution >= 4 is 23.7 Å². The molecule has 3 aromatic rings. The van der Waals surface area contributed by atoms with Gasteiger partial charge in [-0.25, -0.2) is 9.59 Å². The van der Waals surface area contributed by atoms with Crippen molar-refractivity contribution in [2.45, 2.75) is 27.3 Å². The van der Waals surface area contributed by atoms with Gasteiger partial charge in [-0.2, -0.15) is 0 Å². The Morgan fingerprint density at radius 1 is 0.971 bits per heavy atom. The van der Waals surface area contributed by atoms with E-state index in [1.54, 1.807) is 30.3 Å². The van der Waals surface area contributed by atoms with Crippen molar-refractivity contribution in [1.29, 1.82) is 0 Å². The molecule has 8 nitrogen and oxygen atoms in total. The summed E-state index contributed by atoms with van der Waals surface area (Å²) in [4.78, 5) is 50.5. The van der Waals surface area contributed by atoms with E-state index in [4.69, 9.17) is 4.74 Å². The first kappa shape index (κ1) is 23.0. The van der Waals surface area contributed by atoms with Gasteiger partial charge in [0.15, 0.2) is 6.61 Å². The number of hydrogen-bond acceptors (Lipinski definition) is 5. The molecule has 174 valence electrons. The number of carbonyl (C=O) groups is 4. The molecule has 1 N–H and O–H groups in total. The fourth-order valence-electron chi connectivity index (χ4n) is 4.07. The lowest BCUT2D eigenvalue weighted by atomic mass is 10.1. The summed E-state index contributed by atoms with van der Waals surface area (Å²) in [5.74, 6) is -1.37. The van der Waals surface area contributed by atoms with Gasteiger partial charge >= 0.3 is 12.0 Å². The predicted molar refractivity (Wildman–Crippen MR) is 125 cm³/mol. The van der Waals surface area contributed by atoms with E-state index >= 15 is 0 Å². The molecule has 3 amide bonds. The number of aromatic nitrogens is 1. The molecule has 1 aliphatic heterocycles. The van der Waals surface area contributed by atoms with Gasteiger partial charge in [0.1, 0.15) is 0 Å². The fourth-order valence-corrected chi connectivity index (χ4v) is 4.07. The van der Waals surface area contributed by atoms with Crippen molar-refractivity contribution < 1.29 is 23.9 Å². The molecule has 0 unspecified atom stereocenters. The van der Waals surface area contributed by atoms with Crippen LogP contribution in [0, 0.1) is 20.8 Å². The Hall–Kier alpha value is -4.20. The largest absolute Gasteiger partial charge is 0.454 e. The van der Waals surface area contributed by atoms with E-state index < -0.39 is 18.6 Å². The molecular formula is C26H25N3O5. The van der Waals surface area contributed by atoms with Crippen LogP contribution in [-0.4, -0.2) is 46.3 Å². The van der Waals surface area contributed by atoms with Gasteiger partial charge in [-0.3, -0.25) is 14.5 Å². The van der Waals surface area contributed by atoms with Gasteiger partial charge in [-0.05, 0) is 50.6 Å². The van der Waals surface area contributed by atoms with Crippen LogP contribution in [0.4, 0.5) is 4.79 Å². The van der Waals surface area contributed by atoms with Crippen LogP contribution in [0.5, 0.6) is 0 Å². The highest BCUT2D eigenvalue weighted by Crippen LogP contribution is 2.22. The summed E-state index contributed by atoms with van der Waals surface area (Å²) < 4.78 is 7.31. The van der Waals surface area contributed by atoms with Gasteiger partial charge in [-0.1, -0.05) is 35.9 Å². The van der Waals surface area contributed by atoms with Crippen LogP contribution in [0.1, 0.15) is 43.2 Å². The Bertz CT molecular complexity index is 1270. The Morgan fingerprint density at radius 3 is 2.35 bits per heavy atom. The van der Waals surface area contributed by atoms with E-state index in [0.717, 1.165) is 27.5 Å². The number of ether oxygens (including phenoxy) is 1. The van der Waals surface area contributed by atoms with Gasteiger partial charge in [-0.15, -0.1) is 0 Å². The van der Waals surface area contributed by atoms with Crippen LogP contribution in [0.15, 0.2) is 54.6 Å². The third-order valence-corrected chi connectivity index (χ3v) is 5.86. The topological polar surface area (TPSA) is 97.7 Å². The van der Waals surface area contributed by atoms with Crippen LogP contribution in [0.2, 0.25) is 0 Å². The molecule has 0 atom stereocenters. The normalized spacial score (nSPS) is 13.2. The zero-order chi connectivity index (χ0) is 24.4. The quantitative estimate of drug-likeness (QED) is 0.331. The third kappa shape index (κ3) is 4.47. The minimum atomic E-state index is -0.691. The standard InChI is InChI=1S/C26H25N3O5/c1-16-8-10-20(11-9-16)29-17(2)12-22(18(29)3)23(30)15-34-25(32)21-7-5-4-6-19(21)14-28-24(31)13-27-26(28)33/h4-12H,13-15H2,1-3H3,(H,27,33). The van der Waals surface area contributed by atoms with Crippen molar-refractivity contribution in [3.63, 3.8) is 0 Å². The van der Waals surface area contributed by atoms with Crippen LogP contribution in [0.25, 0.3) is 5.69 Å². The number of imide groups is 1. The fraction of sp³-hybridized carbons (Fsp3) is 0.231. The summed E-state index contributed by atoms with van der Waals surface area (Å²) in [6.07, 6.45) is 0. The van der Waals surface area contributed by atoms with Crippen LogP contribution >= 0.6 is 0 Å². The molecule has 2 heterocycles. The van der Waals surface area contributed by atoms with E-state index in [1.807, 2.05) is 49.6 Å². The molecule has 0 radical (unpaired) electrons. The summed E-state index contributed by atoms with van der Waals surface area (Å²) in [5, 5.41) is 2.45. The average Bonchev–Trinajstić information content (AvgIpc) is 3.30. The van der Waals surface area contributed by atoms with E-state index in [-0.39, 0.29) is 30.3 Å². The van der Waals surface area contributed by atoms with Crippen LogP contribution in [0.3, 0.4) is 0 Å². The number of esters is 1. The van der Waals surface area contributed by atoms with Gasteiger partial charge in [0, 0.05) is 22.6 Å². The van der Waals surface area contributed by atoms with E-state index in [1.165, 1.54) is 0 Å². The third-order valence-electron chi connectivity index (χ3n) is 5.86. The smallest absolute Gasteiger partial charge is 0.338 e. The van der Waals surface area contributed by atoms with Gasteiger partial charge in [0.05, 0.1) is 18.7 Å². The first-order valence-electron chi connectivity index (χ1n) is 10.9. The Morgan fingerprint density at radius 2 is 1.68 bits per heavy atom. The zero-order valence-corrected chi connectivity index (χ0v) is 19.3. The number of amides is 3. The average molecular weight is 460 g/mol. The number of urea groups is 1. The number of rotatable bonds is 7. The highest BCUT2D eigenvalue weighted by atomic mass is 16.5. The summed E-state index contributed by atoms with van der Waals surface area (Å²) in [5.41, 5.74) is 4.90. The first-order valence-corrected chi connectivity index (χ1v) is 10.9. The van der Waals surface area contributed by atoms with Gasteiger partial charge in [0.2, 0.25) is 11.7 Å². The van der Waals surface area contributed by atoms with Crippen molar-refractivity contribution in [2.24, 2.45) is 0 Å². The Labute approximate surface area is 197 Å². The lowest BCUT2D eigenvalue weighted by Gasteiger charge is -2.15. The predicted octanol–water partition coefficient (Wildman–Crippen LogP) is 3.49. The number of ketones is 1. The monoisotopic (exact) mass is 459 g/mol. The molecule has 34 heavy (non-hydrogen) atoms. The second-order valence-corrected chi connectivity index (χ2v) is 8.25. The minimum absolute atomic E-state index is 0.0540. The number of aryl methyl sites for hydroxylation is 2. The SMILES string of the molecule is Cc1ccc(-n2c(C)cc(C(=O)COC(=O)c3ccccc3CN3C(=O)CNC3=O)c2C)cc1. The molecule has 1 fully saturated rings. The van der Waals surface area contributed by atoms with Crippen molar-refractivity contribution in [2.75, 3.05) is 13.2 Å². The van der Waals surface area contributed by atoms with Gasteiger partial charge in [0.25, 0.3) is 0 Å². The molecule has 0 bridgehead atoms. The Kier molecular flexibility index (Phi) is 6.32. The molecule has 1 aliphatic rings. The molecule has 0 saturated carbocycles. The summed E-state index contributed by atoms with van der Waals surface area (Å²) in [6.45, 7) is 5.24. The van der Waals surface area contributed by atoms with Crippen LogP contribution < -0.4 is 5.32 Å². The lowest BCUT2D eigenvalue weighted by Crippen LogP contribution is -2.31. The molecule has 1 saturated heterocycles. The molecular weight excluding hydrogens is 434 g/mol. The highest BCUT2D eigenvalue weighted by molar-refractivity contribution is 6.03. The molecule has 0 aliphatic carbocycles. The van der Waals surface area contributed by atoms with Crippen molar-refractivity contribution in [3.8, 4) is 5.69 Å². The number of hydrogen-bond donors (Lipinski definition) is 1. The van der Waals surface area contributed by atoms with E-state index in [9.17, 15) is 19.2 Å². The van der Waals surface area contributed by atoms with Crippen molar-refractivity contribution in [3.05, 3.63) is 88.2 Å². The number of carbonyl (C=O) groups excluding carboxylic acids is 4. The number of benzene rings is 2. The molecule has 1 aromatic heterocycles. The van der Waals surface area contributed by atoms with Crippen molar-refractivity contribution in [1.82, 2.24) is 14.8 Å². The first-order chi connectivity index (χ1) is 16.3. The maximum atomic E-state index is 12.9. The summed E-state index contributed by atoms with van der Waals surface area (Å²) in [7, 11) is 0. The number of nitrogens with zero attached hydrogens (tertiary/aromatic N) is 2. The maximum absolute atomic E-state index is 12.9. The second kappa shape index (κ2) is 9.35. The van der Waals surface area contributed by atoms with Crippen LogP contribution in [-0.2, 0) is 16.1 Å². The maximum Gasteiger partial charge on any atom is 0.338 e. The highest BCUT2D eigenvalue weighted by Gasteiger charge is 2.29. The summed E-state index contributed by atoms with van der Waals surface area (Å²) >= 11 is 0. The molecule has 8 heteroatoms. The minimum Gasteiger partial charge on any atom is -0.454 e. The molecule has 0 spiro atoms. The molecule has 2 aromatic carbocycles. The second-order valence-electron chi connectivity index (χ2n) is 8.25. The van der Waals surface area contributed by atoms with E-state index in [2.05, 4.69) is 5.32 Å². The zero-order valence-electron chi connectivity index (χ0n) is 19.3. The summed E-state index contributed by atoms with van der Waals surface area (Å²) in [6, 6.07) is 15.8.